The summed E-state index contributed by atoms with van der Waals surface area (Å²) in [6, 6.07) is 0.754. The standard InChI is InChI=1S/C15H25N3/c1-16-13-7-4-5-12(13)9-10-18-11-17-14-6-2-3-8-15(14)18/h11-13,16H,2-10H2,1H3. The Morgan fingerprint density at radius 3 is 3.06 bits per heavy atom. The number of nitrogens with zero attached hydrogens (tertiary/aromatic N) is 2. The van der Waals surface area contributed by atoms with E-state index in [0.717, 1.165) is 12.0 Å². The summed E-state index contributed by atoms with van der Waals surface area (Å²) >= 11 is 0. The highest BCUT2D eigenvalue weighted by Gasteiger charge is 2.25. The summed E-state index contributed by atoms with van der Waals surface area (Å²) in [5, 5.41) is 3.48. The van der Waals surface area contributed by atoms with Gasteiger partial charge in [-0.2, -0.15) is 0 Å². The zero-order valence-corrected chi connectivity index (χ0v) is 11.5. The third kappa shape index (κ3) is 2.33. The van der Waals surface area contributed by atoms with E-state index in [1.807, 2.05) is 0 Å². The monoisotopic (exact) mass is 247 g/mol. The van der Waals surface area contributed by atoms with Gasteiger partial charge in [0.15, 0.2) is 0 Å². The summed E-state index contributed by atoms with van der Waals surface area (Å²) in [5.74, 6) is 0.872. The highest BCUT2D eigenvalue weighted by atomic mass is 15.1. The molecule has 1 saturated carbocycles. The molecule has 0 spiro atoms. The van der Waals surface area contributed by atoms with E-state index < -0.39 is 0 Å². The fourth-order valence-corrected chi connectivity index (χ4v) is 3.79. The van der Waals surface area contributed by atoms with Crippen LogP contribution in [0.1, 0.15) is 49.9 Å². The van der Waals surface area contributed by atoms with Crippen molar-refractivity contribution in [2.75, 3.05) is 7.05 Å². The summed E-state index contributed by atoms with van der Waals surface area (Å²) < 4.78 is 2.43. The molecule has 1 fully saturated rings. The van der Waals surface area contributed by atoms with Gasteiger partial charge in [-0.05, 0) is 57.9 Å². The number of imidazole rings is 1. The fraction of sp³-hybridized carbons (Fsp3) is 0.800. The van der Waals surface area contributed by atoms with Crippen LogP contribution in [0.2, 0.25) is 0 Å². The van der Waals surface area contributed by atoms with Gasteiger partial charge in [0.25, 0.3) is 0 Å². The number of aryl methyl sites for hydroxylation is 2. The molecule has 1 N–H and O–H groups in total. The van der Waals surface area contributed by atoms with Crippen LogP contribution >= 0.6 is 0 Å². The normalized spacial score (nSPS) is 27.4. The maximum absolute atomic E-state index is 4.59. The molecule has 3 rings (SSSR count). The van der Waals surface area contributed by atoms with Gasteiger partial charge in [-0.1, -0.05) is 6.42 Å². The van der Waals surface area contributed by atoms with Crippen molar-refractivity contribution in [2.45, 2.75) is 64.0 Å². The molecule has 18 heavy (non-hydrogen) atoms. The highest BCUT2D eigenvalue weighted by Crippen LogP contribution is 2.29. The zero-order chi connectivity index (χ0) is 12.4. The maximum Gasteiger partial charge on any atom is 0.0951 e. The van der Waals surface area contributed by atoms with Crippen LogP contribution in [0.3, 0.4) is 0 Å². The molecule has 1 aromatic rings. The van der Waals surface area contributed by atoms with Crippen molar-refractivity contribution in [2.24, 2.45) is 5.92 Å². The molecule has 2 atom stereocenters. The third-order valence-corrected chi connectivity index (χ3v) is 4.88. The second kappa shape index (κ2) is 5.43. The minimum Gasteiger partial charge on any atom is -0.334 e. The number of hydrogen-bond acceptors (Lipinski definition) is 2. The molecule has 0 amide bonds. The fourth-order valence-electron chi connectivity index (χ4n) is 3.79. The summed E-state index contributed by atoms with van der Waals surface area (Å²) in [7, 11) is 2.11. The molecule has 2 unspecified atom stereocenters. The van der Waals surface area contributed by atoms with Crippen molar-refractivity contribution >= 4 is 0 Å². The molecule has 2 aliphatic carbocycles. The van der Waals surface area contributed by atoms with Gasteiger partial charge in [-0.3, -0.25) is 0 Å². The number of aromatic nitrogens is 2. The van der Waals surface area contributed by atoms with Gasteiger partial charge in [0.05, 0.1) is 12.0 Å². The van der Waals surface area contributed by atoms with E-state index in [1.165, 1.54) is 69.3 Å². The molecule has 100 valence electrons. The van der Waals surface area contributed by atoms with Crippen LogP contribution in [-0.2, 0) is 19.4 Å². The summed E-state index contributed by atoms with van der Waals surface area (Å²) in [5.41, 5.74) is 2.90. The molecule has 1 aromatic heterocycles. The zero-order valence-electron chi connectivity index (χ0n) is 11.5. The number of fused-ring (bicyclic) bond motifs is 1. The first-order chi connectivity index (χ1) is 8.88. The summed E-state index contributed by atoms with van der Waals surface area (Å²) in [6.07, 6.45) is 12.7. The van der Waals surface area contributed by atoms with Gasteiger partial charge in [-0.15, -0.1) is 0 Å². The Morgan fingerprint density at radius 2 is 2.17 bits per heavy atom. The van der Waals surface area contributed by atoms with E-state index in [2.05, 4.69) is 28.2 Å². The lowest BCUT2D eigenvalue weighted by Crippen LogP contribution is -2.29. The Labute approximate surface area is 110 Å². The topological polar surface area (TPSA) is 29.9 Å². The van der Waals surface area contributed by atoms with Gasteiger partial charge in [-0.25, -0.2) is 4.98 Å². The molecular formula is C15H25N3. The van der Waals surface area contributed by atoms with Crippen LogP contribution in [0.25, 0.3) is 0 Å². The highest BCUT2D eigenvalue weighted by molar-refractivity contribution is 5.16. The Balaban J connectivity index is 1.61. The molecule has 0 radical (unpaired) electrons. The van der Waals surface area contributed by atoms with E-state index in [-0.39, 0.29) is 0 Å². The first-order valence-electron chi connectivity index (χ1n) is 7.58. The predicted molar refractivity (Wildman–Crippen MR) is 73.7 cm³/mol. The smallest absolute Gasteiger partial charge is 0.0951 e. The van der Waals surface area contributed by atoms with Crippen molar-refractivity contribution in [3.05, 3.63) is 17.7 Å². The number of nitrogens with one attached hydrogen (secondary N) is 1. The third-order valence-electron chi connectivity index (χ3n) is 4.88. The quantitative estimate of drug-likeness (QED) is 0.886. The van der Waals surface area contributed by atoms with E-state index in [0.29, 0.717) is 0 Å². The minimum atomic E-state index is 0.754. The van der Waals surface area contributed by atoms with Crippen LogP contribution in [0.5, 0.6) is 0 Å². The molecular weight excluding hydrogens is 222 g/mol. The van der Waals surface area contributed by atoms with E-state index in [1.54, 1.807) is 0 Å². The molecule has 0 saturated heterocycles. The van der Waals surface area contributed by atoms with Crippen molar-refractivity contribution in [1.82, 2.24) is 14.9 Å². The lowest BCUT2D eigenvalue weighted by atomic mass is 9.98. The average molecular weight is 247 g/mol. The van der Waals surface area contributed by atoms with Gasteiger partial charge in [0.1, 0.15) is 0 Å². The molecule has 0 bridgehead atoms. The van der Waals surface area contributed by atoms with Gasteiger partial charge in [0, 0.05) is 18.3 Å². The van der Waals surface area contributed by atoms with Gasteiger partial charge < -0.3 is 9.88 Å². The second-order valence-electron chi connectivity index (χ2n) is 5.91. The van der Waals surface area contributed by atoms with Crippen LogP contribution in [-0.4, -0.2) is 22.6 Å². The minimum absolute atomic E-state index is 0.754. The Kier molecular flexibility index (Phi) is 3.69. The predicted octanol–water partition coefficient (Wildman–Crippen LogP) is 2.54. The van der Waals surface area contributed by atoms with Crippen LogP contribution in [0.4, 0.5) is 0 Å². The Morgan fingerprint density at radius 1 is 1.28 bits per heavy atom. The van der Waals surface area contributed by atoms with Crippen molar-refractivity contribution < 1.29 is 0 Å². The Hall–Kier alpha value is -0.830. The first-order valence-corrected chi connectivity index (χ1v) is 7.58. The van der Waals surface area contributed by atoms with E-state index in [9.17, 15) is 0 Å². The lowest BCUT2D eigenvalue weighted by Gasteiger charge is -2.20. The summed E-state index contributed by atoms with van der Waals surface area (Å²) in [4.78, 5) is 4.59. The first kappa shape index (κ1) is 12.2. The second-order valence-corrected chi connectivity index (χ2v) is 5.91. The Bertz CT molecular complexity index is 396. The largest absolute Gasteiger partial charge is 0.334 e. The average Bonchev–Trinajstić information content (AvgIpc) is 3.02. The van der Waals surface area contributed by atoms with Crippen LogP contribution < -0.4 is 5.32 Å². The van der Waals surface area contributed by atoms with E-state index >= 15 is 0 Å². The molecule has 2 aliphatic rings. The number of hydrogen-bond donors (Lipinski definition) is 1. The van der Waals surface area contributed by atoms with Crippen molar-refractivity contribution in [3.63, 3.8) is 0 Å². The molecule has 3 heteroatoms. The molecule has 1 heterocycles. The maximum atomic E-state index is 4.59. The summed E-state index contributed by atoms with van der Waals surface area (Å²) in [6.45, 7) is 1.17. The van der Waals surface area contributed by atoms with Gasteiger partial charge in [0.2, 0.25) is 0 Å². The molecule has 3 nitrogen and oxygen atoms in total. The van der Waals surface area contributed by atoms with Crippen LogP contribution in [0, 0.1) is 5.92 Å². The van der Waals surface area contributed by atoms with Gasteiger partial charge >= 0.3 is 0 Å². The molecule has 0 aromatic carbocycles. The number of rotatable bonds is 4. The van der Waals surface area contributed by atoms with Crippen molar-refractivity contribution in [3.8, 4) is 0 Å². The van der Waals surface area contributed by atoms with E-state index in [4.69, 9.17) is 0 Å². The molecule has 0 aliphatic heterocycles. The van der Waals surface area contributed by atoms with Crippen LogP contribution in [0.15, 0.2) is 6.33 Å². The lowest BCUT2D eigenvalue weighted by molar-refractivity contribution is 0.375. The SMILES string of the molecule is CNC1CCCC1CCn1cnc2c1CCCC2. The van der Waals surface area contributed by atoms with Crippen molar-refractivity contribution in [1.29, 1.82) is 0 Å².